The zero-order valence-corrected chi connectivity index (χ0v) is 15.9. The molecule has 1 heterocycles. The molecule has 0 aliphatic heterocycles. The first kappa shape index (κ1) is 18.6. The van der Waals surface area contributed by atoms with E-state index in [9.17, 15) is 8.42 Å². The van der Waals surface area contributed by atoms with Crippen LogP contribution in [0.15, 0.2) is 54.7 Å². The molecule has 3 N–H and O–H groups in total. The first-order valence-corrected chi connectivity index (χ1v) is 10.4. The standard InChI is InChI=1S/C20H25N3O2S/c1-3-12-22-26(24,25)23-14-18(16-10-8-15(2)9-11-16)19-13-21-20-7-5-4-6-17(19)20/h4-11,13,18,21-23H,3,12,14H2,1-2H3. The Labute approximate surface area is 155 Å². The van der Waals surface area contributed by atoms with Gasteiger partial charge in [0.05, 0.1) is 0 Å². The van der Waals surface area contributed by atoms with Gasteiger partial charge in [-0.3, -0.25) is 0 Å². The molecule has 138 valence electrons. The third kappa shape index (κ3) is 4.33. The summed E-state index contributed by atoms with van der Waals surface area (Å²) in [6.45, 7) is 4.70. The second-order valence-corrected chi connectivity index (χ2v) is 8.08. The van der Waals surface area contributed by atoms with Crippen molar-refractivity contribution in [2.45, 2.75) is 26.2 Å². The van der Waals surface area contributed by atoms with Gasteiger partial charge < -0.3 is 4.98 Å². The third-order valence-electron chi connectivity index (χ3n) is 4.50. The van der Waals surface area contributed by atoms with Gasteiger partial charge in [0.25, 0.3) is 10.2 Å². The maximum absolute atomic E-state index is 12.2. The van der Waals surface area contributed by atoms with Gasteiger partial charge in [-0.25, -0.2) is 9.44 Å². The second-order valence-electron chi connectivity index (χ2n) is 6.50. The molecule has 0 amide bonds. The molecule has 0 aliphatic rings. The lowest BCUT2D eigenvalue weighted by atomic mass is 9.90. The maximum Gasteiger partial charge on any atom is 0.276 e. The lowest BCUT2D eigenvalue weighted by Gasteiger charge is -2.18. The predicted octanol–water partition coefficient (Wildman–Crippen LogP) is 3.44. The third-order valence-corrected chi connectivity index (χ3v) is 5.63. The highest BCUT2D eigenvalue weighted by Crippen LogP contribution is 2.30. The van der Waals surface area contributed by atoms with E-state index in [1.807, 2.05) is 38.2 Å². The number of hydrogen-bond acceptors (Lipinski definition) is 2. The number of nitrogens with one attached hydrogen (secondary N) is 3. The lowest BCUT2D eigenvalue weighted by Crippen LogP contribution is -2.39. The van der Waals surface area contributed by atoms with Gasteiger partial charge in [-0.1, -0.05) is 55.0 Å². The van der Waals surface area contributed by atoms with Crippen molar-refractivity contribution in [3.63, 3.8) is 0 Å². The Bertz CT molecular complexity index is 962. The van der Waals surface area contributed by atoms with E-state index in [0.29, 0.717) is 13.1 Å². The molecule has 6 heteroatoms. The van der Waals surface area contributed by atoms with Gasteiger partial charge >= 0.3 is 0 Å². The van der Waals surface area contributed by atoms with Crippen LogP contribution in [0.25, 0.3) is 10.9 Å². The molecule has 1 unspecified atom stereocenters. The zero-order valence-electron chi connectivity index (χ0n) is 15.1. The summed E-state index contributed by atoms with van der Waals surface area (Å²) < 4.78 is 29.6. The largest absolute Gasteiger partial charge is 0.361 e. The van der Waals surface area contributed by atoms with E-state index >= 15 is 0 Å². The first-order chi connectivity index (χ1) is 12.5. The Morgan fingerprint density at radius 2 is 1.77 bits per heavy atom. The quantitative estimate of drug-likeness (QED) is 0.567. The van der Waals surface area contributed by atoms with Crippen molar-refractivity contribution in [2.24, 2.45) is 0 Å². The SMILES string of the molecule is CCCNS(=O)(=O)NCC(c1ccc(C)cc1)c1c[nH]c2ccccc12. The Hall–Kier alpha value is -2.15. The fourth-order valence-electron chi connectivity index (χ4n) is 3.07. The van der Waals surface area contributed by atoms with Crippen molar-refractivity contribution in [2.75, 3.05) is 13.1 Å². The molecule has 0 aliphatic carbocycles. The fraction of sp³-hybridized carbons (Fsp3) is 0.300. The van der Waals surface area contributed by atoms with Crippen molar-refractivity contribution in [3.05, 3.63) is 71.4 Å². The molecule has 2 aromatic carbocycles. The molecule has 0 radical (unpaired) electrons. The molecule has 0 fully saturated rings. The molecule has 26 heavy (non-hydrogen) atoms. The highest BCUT2D eigenvalue weighted by atomic mass is 32.2. The minimum absolute atomic E-state index is 0.0787. The highest BCUT2D eigenvalue weighted by Gasteiger charge is 2.20. The van der Waals surface area contributed by atoms with Crippen LogP contribution in [-0.4, -0.2) is 26.5 Å². The molecule has 1 aromatic heterocycles. The van der Waals surface area contributed by atoms with E-state index in [1.54, 1.807) is 0 Å². The molecule has 0 bridgehead atoms. The summed E-state index contributed by atoms with van der Waals surface area (Å²) in [6, 6.07) is 16.3. The Morgan fingerprint density at radius 3 is 2.50 bits per heavy atom. The summed E-state index contributed by atoms with van der Waals surface area (Å²) in [7, 11) is -3.51. The number of hydrogen-bond donors (Lipinski definition) is 3. The summed E-state index contributed by atoms with van der Waals surface area (Å²) in [5.41, 5.74) is 4.39. The van der Waals surface area contributed by atoms with Crippen LogP contribution in [0.2, 0.25) is 0 Å². The molecular weight excluding hydrogens is 346 g/mol. The van der Waals surface area contributed by atoms with E-state index in [0.717, 1.165) is 28.5 Å². The fourth-order valence-corrected chi connectivity index (χ4v) is 4.03. The summed E-state index contributed by atoms with van der Waals surface area (Å²) >= 11 is 0. The molecule has 5 nitrogen and oxygen atoms in total. The smallest absolute Gasteiger partial charge is 0.276 e. The first-order valence-electron chi connectivity index (χ1n) is 8.87. The minimum Gasteiger partial charge on any atom is -0.361 e. The van der Waals surface area contributed by atoms with Crippen LogP contribution < -0.4 is 9.44 Å². The average Bonchev–Trinajstić information content (AvgIpc) is 3.06. The van der Waals surface area contributed by atoms with Crippen LogP contribution in [0.4, 0.5) is 0 Å². The molecule has 3 aromatic rings. The van der Waals surface area contributed by atoms with Crippen LogP contribution >= 0.6 is 0 Å². The normalized spacial score (nSPS) is 13.2. The summed E-state index contributed by atoms with van der Waals surface area (Å²) in [4.78, 5) is 3.29. The molecule has 0 saturated heterocycles. The van der Waals surface area contributed by atoms with Crippen LogP contribution in [-0.2, 0) is 10.2 Å². The topological polar surface area (TPSA) is 74.0 Å². The van der Waals surface area contributed by atoms with E-state index in [-0.39, 0.29) is 5.92 Å². The number of benzene rings is 2. The van der Waals surface area contributed by atoms with E-state index in [4.69, 9.17) is 0 Å². The molecule has 0 spiro atoms. The van der Waals surface area contributed by atoms with Gasteiger partial charge in [0.15, 0.2) is 0 Å². The number of aryl methyl sites for hydroxylation is 1. The Morgan fingerprint density at radius 1 is 1.04 bits per heavy atom. The van der Waals surface area contributed by atoms with Crippen LogP contribution in [0.5, 0.6) is 0 Å². The maximum atomic E-state index is 12.2. The van der Waals surface area contributed by atoms with Crippen molar-refractivity contribution in [1.82, 2.24) is 14.4 Å². The summed E-state index contributed by atoms with van der Waals surface area (Å²) in [5, 5.41) is 1.11. The van der Waals surface area contributed by atoms with Gasteiger partial charge in [0.2, 0.25) is 0 Å². The predicted molar refractivity (Wildman–Crippen MR) is 107 cm³/mol. The van der Waals surface area contributed by atoms with Crippen molar-refractivity contribution >= 4 is 21.1 Å². The number of aromatic nitrogens is 1. The van der Waals surface area contributed by atoms with Crippen molar-refractivity contribution < 1.29 is 8.42 Å². The van der Waals surface area contributed by atoms with Gasteiger partial charge in [-0.15, -0.1) is 0 Å². The Kier molecular flexibility index (Phi) is 5.76. The number of rotatable bonds is 8. The molecule has 0 saturated carbocycles. The zero-order chi connectivity index (χ0) is 18.6. The van der Waals surface area contributed by atoms with Gasteiger partial charge in [0.1, 0.15) is 0 Å². The van der Waals surface area contributed by atoms with Crippen molar-refractivity contribution in [3.8, 4) is 0 Å². The van der Waals surface area contributed by atoms with E-state index < -0.39 is 10.2 Å². The minimum atomic E-state index is -3.51. The number of para-hydroxylation sites is 1. The summed E-state index contributed by atoms with van der Waals surface area (Å²) in [5.74, 6) is -0.0787. The number of aromatic amines is 1. The monoisotopic (exact) mass is 371 g/mol. The highest BCUT2D eigenvalue weighted by molar-refractivity contribution is 7.87. The average molecular weight is 372 g/mol. The summed E-state index contributed by atoms with van der Waals surface area (Å²) in [6.07, 6.45) is 2.73. The van der Waals surface area contributed by atoms with Gasteiger partial charge in [-0.05, 0) is 30.5 Å². The van der Waals surface area contributed by atoms with Crippen LogP contribution in [0, 0.1) is 6.92 Å². The van der Waals surface area contributed by atoms with E-state index in [2.05, 4.69) is 44.8 Å². The van der Waals surface area contributed by atoms with Crippen molar-refractivity contribution in [1.29, 1.82) is 0 Å². The van der Waals surface area contributed by atoms with Crippen LogP contribution in [0.1, 0.15) is 36.0 Å². The van der Waals surface area contributed by atoms with Gasteiger partial charge in [-0.2, -0.15) is 8.42 Å². The lowest BCUT2D eigenvalue weighted by molar-refractivity contribution is 0.562. The second kappa shape index (κ2) is 8.03. The van der Waals surface area contributed by atoms with E-state index in [1.165, 1.54) is 5.56 Å². The number of H-pyrrole nitrogens is 1. The Balaban J connectivity index is 1.93. The number of fused-ring (bicyclic) bond motifs is 1. The molecule has 1 atom stereocenters. The molecule has 3 rings (SSSR count). The van der Waals surface area contributed by atoms with Crippen LogP contribution in [0.3, 0.4) is 0 Å². The van der Waals surface area contributed by atoms with Gasteiger partial charge in [0, 0.05) is 36.1 Å². The molecular formula is C20H25N3O2S.